The summed E-state index contributed by atoms with van der Waals surface area (Å²) >= 11 is 0. The summed E-state index contributed by atoms with van der Waals surface area (Å²) in [5.41, 5.74) is -0.615. The summed E-state index contributed by atoms with van der Waals surface area (Å²) in [6.07, 6.45) is 7.68. The first-order chi connectivity index (χ1) is 13.2. The van der Waals surface area contributed by atoms with Crippen LogP contribution in [0.1, 0.15) is 98.8 Å². The van der Waals surface area contributed by atoms with Gasteiger partial charge in [-0.15, -0.1) is 0 Å². The molecule has 0 bridgehead atoms. The lowest BCUT2D eigenvalue weighted by molar-refractivity contribution is -0.0854. The number of rotatable bonds is 10. The maximum atomic E-state index is 12.0. The minimum atomic E-state index is -0.723. The second kappa shape index (κ2) is 12.9. The van der Waals surface area contributed by atoms with Crippen LogP contribution in [0, 0.1) is 5.92 Å². The second-order valence-electron chi connectivity index (χ2n) is 9.11. The molecular formula is C22H40O6. The lowest BCUT2D eigenvalue weighted by Crippen LogP contribution is -2.39. The SMILES string of the molecule is CC(C)CCCCCCCOC(=O)OC1CCCCC1OC(=O)OC(C)(C)C. The summed E-state index contributed by atoms with van der Waals surface area (Å²) in [6, 6.07) is 0. The first-order valence-corrected chi connectivity index (χ1v) is 10.9. The average Bonchev–Trinajstić information content (AvgIpc) is 2.57. The van der Waals surface area contributed by atoms with Gasteiger partial charge in [0.25, 0.3) is 0 Å². The molecule has 0 saturated heterocycles. The van der Waals surface area contributed by atoms with Gasteiger partial charge in [0.2, 0.25) is 0 Å². The molecule has 28 heavy (non-hydrogen) atoms. The number of hydrogen-bond donors (Lipinski definition) is 0. The standard InChI is InChI=1S/C22H40O6/c1-17(2)13-9-7-6-8-12-16-25-20(23)26-18-14-10-11-15-19(18)27-21(24)28-22(3,4)5/h17-19H,6-16H2,1-5H3. The molecule has 0 aromatic rings. The van der Waals surface area contributed by atoms with Crippen LogP contribution in [0.2, 0.25) is 0 Å². The van der Waals surface area contributed by atoms with E-state index in [1.54, 1.807) is 20.8 Å². The Kier molecular flexibility index (Phi) is 11.3. The van der Waals surface area contributed by atoms with E-state index in [1.165, 1.54) is 25.7 Å². The van der Waals surface area contributed by atoms with Crippen LogP contribution in [0.25, 0.3) is 0 Å². The summed E-state index contributed by atoms with van der Waals surface area (Å²) in [5.74, 6) is 0.765. The molecule has 1 rings (SSSR count). The minimum Gasteiger partial charge on any atom is -0.434 e. The van der Waals surface area contributed by atoms with Gasteiger partial charge in [-0.3, -0.25) is 0 Å². The molecule has 2 unspecified atom stereocenters. The molecular weight excluding hydrogens is 360 g/mol. The molecule has 1 saturated carbocycles. The molecule has 0 heterocycles. The Hall–Kier alpha value is -1.46. The van der Waals surface area contributed by atoms with Gasteiger partial charge < -0.3 is 18.9 Å². The third-order valence-electron chi connectivity index (χ3n) is 4.67. The number of hydrogen-bond acceptors (Lipinski definition) is 6. The van der Waals surface area contributed by atoms with Gasteiger partial charge in [0.05, 0.1) is 6.61 Å². The summed E-state index contributed by atoms with van der Waals surface area (Å²) < 4.78 is 21.2. The van der Waals surface area contributed by atoms with Crippen molar-refractivity contribution in [3.63, 3.8) is 0 Å². The van der Waals surface area contributed by atoms with E-state index in [1.807, 2.05) is 0 Å². The monoisotopic (exact) mass is 400 g/mol. The Labute approximate surface area is 170 Å². The van der Waals surface area contributed by atoms with E-state index in [-0.39, 0.29) is 0 Å². The Morgan fingerprint density at radius 3 is 1.96 bits per heavy atom. The third kappa shape index (κ3) is 12.1. The smallest absolute Gasteiger partial charge is 0.434 e. The van der Waals surface area contributed by atoms with Crippen molar-refractivity contribution in [2.24, 2.45) is 5.92 Å². The zero-order valence-electron chi connectivity index (χ0n) is 18.5. The van der Waals surface area contributed by atoms with Crippen molar-refractivity contribution in [1.82, 2.24) is 0 Å². The molecule has 2 atom stereocenters. The van der Waals surface area contributed by atoms with Crippen LogP contribution in [0.15, 0.2) is 0 Å². The highest BCUT2D eigenvalue weighted by Crippen LogP contribution is 2.25. The maximum absolute atomic E-state index is 12.0. The van der Waals surface area contributed by atoms with Gasteiger partial charge in [-0.1, -0.05) is 46.0 Å². The Morgan fingerprint density at radius 1 is 0.857 bits per heavy atom. The van der Waals surface area contributed by atoms with E-state index >= 15 is 0 Å². The summed E-state index contributed by atoms with van der Waals surface area (Å²) in [6.45, 7) is 10.2. The number of carbonyl (C=O) groups is 2. The summed E-state index contributed by atoms with van der Waals surface area (Å²) in [4.78, 5) is 23.9. The molecule has 0 aliphatic heterocycles. The highest BCUT2D eigenvalue weighted by Gasteiger charge is 2.33. The molecule has 0 aromatic carbocycles. The van der Waals surface area contributed by atoms with Crippen LogP contribution < -0.4 is 0 Å². The molecule has 0 N–H and O–H groups in total. The lowest BCUT2D eigenvalue weighted by Gasteiger charge is -2.31. The fourth-order valence-corrected chi connectivity index (χ4v) is 3.23. The fraction of sp³-hybridized carbons (Fsp3) is 0.909. The predicted molar refractivity (Wildman–Crippen MR) is 108 cm³/mol. The minimum absolute atomic E-state index is 0.368. The van der Waals surface area contributed by atoms with Crippen molar-refractivity contribution < 1.29 is 28.5 Å². The zero-order valence-corrected chi connectivity index (χ0v) is 18.5. The third-order valence-corrected chi connectivity index (χ3v) is 4.67. The van der Waals surface area contributed by atoms with Crippen LogP contribution in [-0.2, 0) is 18.9 Å². The molecule has 6 nitrogen and oxygen atoms in total. The van der Waals surface area contributed by atoms with Gasteiger partial charge >= 0.3 is 12.3 Å². The molecule has 0 spiro atoms. The number of unbranched alkanes of at least 4 members (excludes halogenated alkanes) is 4. The van der Waals surface area contributed by atoms with Crippen molar-refractivity contribution in [1.29, 1.82) is 0 Å². The van der Waals surface area contributed by atoms with E-state index in [0.29, 0.717) is 19.4 Å². The van der Waals surface area contributed by atoms with E-state index in [9.17, 15) is 9.59 Å². The molecule has 1 fully saturated rings. The first-order valence-electron chi connectivity index (χ1n) is 10.9. The van der Waals surface area contributed by atoms with Crippen LogP contribution in [-0.4, -0.2) is 36.7 Å². The predicted octanol–water partition coefficient (Wildman–Crippen LogP) is 6.40. The van der Waals surface area contributed by atoms with E-state index in [4.69, 9.17) is 18.9 Å². The molecule has 0 radical (unpaired) electrons. The van der Waals surface area contributed by atoms with Crippen molar-refractivity contribution in [2.45, 2.75) is 117 Å². The molecule has 0 aromatic heterocycles. The van der Waals surface area contributed by atoms with Crippen LogP contribution in [0.3, 0.4) is 0 Å². The molecule has 0 amide bonds. The van der Waals surface area contributed by atoms with Gasteiger partial charge in [0, 0.05) is 0 Å². The van der Waals surface area contributed by atoms with E-state index in [2.05, 4.69) is 13.8 Å². The zero-order chi connectivity index (χ0) is 21.0. The van der Waals surface area contributed by atoms with E-state index < -0.39 is 30.1 Å². The van der Waals surface area contributed by atoms with Crippen molar-refractivity contribution in [2.75, 3.05) is 6.61 Å². The average molecular weight is 401 g/mol. The fourth-order valence-electron chi connectivity index (χ4n) is 3.23. The largest absolute Gasteiger partial charge is 0.509 e. The Balaban J connectivity index is 2.22. The molecule has 1 aliphatic rings. The van der Waals surface area contributed by atoms with Crippen molar-refractivity contribution in [3.8, 4) is 0 Å². The topological polar surface area (TPSA) is 71.1 Å². The normalized spacial score (nSPS) is 19.9. The molecule has 1 aliphatic carbocycles. The first kappa shape index (κ1) is 24.6. The van der Waals surface area contributed by atoms with Gasteiger partial charge in [-0.05, 0) is 58.8 Å². The van der Waals surface area contributed by atoms with Gasteiger partial charge in [0.1, 0.15) is 17.8 Å². The second-order valence-corrected chi connectivity index (χ2v) is 9.11. The summed E-state index contributed by atoms with van der Waals surface area (Å²) in [7, 11) is 0. The Bertz CT molecular complexity index is 454. The van der Waals surface area contributed by atoms with Gasteiger partial charge in [-0.25, -0.2) is 9.59 Å². The van der Waals surface area contributed by atoms with Gasteiger partial charge in [-0.2, -0.15) is 0 Å². The maximum Gasteiger partial charge on any atom is 0.509 e. The van der Waals surface area contributed by atoms with E-state index in [0.717, 1.165) is 31.6 Å². The highest BCUT2D eigenvalue weighted by molar-refractivity contribution is 5.61. The quantitative estimate of drug-likeness (QED) is 0.312. The van der Waals surface area contributed by atoms with Crippen molar-refractivity contribution >= 4 is 12.3 Å². The Morgan fingerprint density at radius 2 is 1.39 bits per heavy atom. The number of carbonyl (C=O) groups excluding carboxylic acids is 2. The number of ether oxygens (including phenoxy) is 4. The van der Waals surface area contributed by atoms with Gasteiger partial charge in [0.15, 0.2) is 0 Å². The molecule has 6 heteroatoms. The molecule has 164 valence electrons. The van der Waals surface area contributed by atoms with Crippen LogP contribution in [0.4, 0.5) is 9.59 Å². The highest BCUT2D eigenvalue weighted by atomic mass is 16.8. The van der Waals surface area contributed by atoms with Crippen molar-refractivity contribution in [3.05, 3.63) is 0 Å². The van der Waals surface area contributed by atoms with Crippen LogP contribution in [0.5, 0.6) is 0 Å². The van der Waals surface area contributed by atoms with Crippen LogP contribution >= 0.6 is 0 Å². The lowest BCUT2D eigenvalue weighted by atomic mass is 9.95. The summed E-state index contributed by atoms with van der Waals surface area (Å²) in [5, 5.41) is 0.